The normalized spacial score (nSPS) is 24.5. The van der Waals surface area contributed by atoms with Crippen LogP contribution in [0.2, 0.25) is 0 Å². The van der Waals surface area contributed by atoms with E-state index in [0.29, 0.717) is 0 Å². The van der Waals surface area contributed by atoms with Crippen molar-refractivity contribution in [1.29, 1.82) is 0 Å². The van der Waals surface area contributed by atoms with Gasteiger partial charge in [-0.3, -0.25) is 0 Å². The van der Waals surface area contributed by atoms with Crippen LogP contribution in [0.15, 0.2) is 6.33 Å². The molecule has 92 valence electrons. The highest BCUT2D eigenvalue weighted by atomic mass is 35.5. The lowest BCUT2D eigenvalue weighted by molar-refractivity contribution is 0.708. The molecule has 0 saturated carbocycles. The molecule has 1 saturated heterocycles. The molecule has 0 amide bonds. The number of rotatable bonds is 1. The fourth-order valence-corrected chi connectivity index (χ4v) is 3.13. The molecule has 1 aromatic heterocycles. The number of alkyl halides is 1. The highest BCUT2D eigenvalue weighted by Gasteiger charge is 2.25. The second-order valence-electron chi connectivity index (χ2n) is 5.02. The van der Waals surface area contributed by atoms with Gasteiger partial charge < -0.3 is 4.90 Å². The van der Waals surface area contributed by atoms with Crippen molar-refractivity contribution in [3.8, 4) is 0 Å². The molecule has 1 aromatic rings. The predicted octanol–water partition coefficient (Wildman–Crippen LogP) is 2.56. The summed E-state index contributed by atoms with van der Waals surface area (Å²) in [5.41, 5.74) is 2.65. The molecule has 1 aliphatic carbocycles. The van der Waals surface area contributed by atoms with E-state index in [1.807, 2.05) is 0 Å². The summed E-state index contributed by atoms with van der Waals surface area (Å²) in [4.78, 5) is 11.3. The summed E-state index contributed by atoms with van der Waals surface area (Å²) in [6, 6.07) is 0. The topological polar surface area (TPSA) is 29.0 Å². The highest BCUT2D eigenvalue weighted by molar-refractivity contribution is 6.21. The number of aryl methyl sites for hydroxylation is 1. The van der Waals surface area contributed by atoms with Crippen molar-refractivity contribution in [1.82, 2.24) is 9.97 Å². The lowest BCUT2D eigenvalue weighted by Crippen LogP contribution is -2.23. The van der Waals surface area contributed by atoms with Crippen LogP contribution in [0.4, 0.5) is 5.82 Å². The molecule has 17 heavy (non-hydrogen) atoms. The Balaban J connectivity index is 1.93. The monoisotopic (exact) mass is 251 g/mol. The molecule has 2 heterocycles. The zero-order chi connectivity index (χ0) is 11.7. The SMILES string of the molecule is ClC1CCN(c2ncnc3c2CCCCC3)C1. The number of hydrogen-bond donors (Lipinski definition) is 0. The number of hydrogen-bond acceptors (Lipinski definition) is 3. The van der Waals surface area contributed by atoms with Crippen molar-refractivity contribution in [3.63, 3.8) is 0 Å². The van der Waals surface area contributed by atoms with E-state index in [1.165, 1.54) is 30.5 Å². The summed E-state index contributed by atoms with van der Waals surface area (Å²) in [5, 5.41) is 0.284. The third-order valence-electron chi connectivity index (χ3n) is 3.78. The summed E-state index contributed by atoms with van der Waals surface area (Å²) < 4.78 is 0. The van der Waals surface area contributed by atoms with Gasteiger partial charge in [-0.2, -0.15) is 0 Å². The Kier molecular flexibility index (Phi) is 3.19. The largest absolute Gasteiger partial charge is 0.355 e. The molecule has 0 N–H and O–H groups in total. The third kappa shape index (κ3) is 2.25. The van der Waals surface area contributed by atoms with Crippen LogP contribution < -0.4 is 4.90 Å². The van der Waals surface area contributed by atoms with Gasteiger partial charge in [0.1, 0.15) is 12.1 Å². The molecule has 0 radical (unpaired) electrons. The Morgan fingerprint density at radius 2 is 2.06 bits per heavy atom. The molecule has 1 unspecified atom stereocenters. The first kappa shape index (κ1) is 11.3. The summed E-state index contributed by atoms with van der Waals surface area (Å²) in [6.07, 6.45) is 8.89. The lowest BCUT2D eigenvalue weighted by Gasteiger charge is -2.20. The third-order valence-corrected chi connectivity index (χ3v) is 4.14. The van der Waals surface area contributed by atoms with Gasteiger partial charge in [-0.1, -0.05) is 6.42 Å². The first-order chi connectivity index (χ1) is 8.34. The van der Waals surface area contributed by atoms with E-state index in [9.17, 15) is 0 Å². The molecule has 0 bridgehead atoms. The summed E-state index contributed by atoms with van der Waals surface area (Å²) >= 11 is 6.19. The fourth-order valence-electron chi connectivity index (χ4n) is 2.86. The van der Waals surface area contributed by atoms with E-state index >= 15 is 0 Å². The van der Waals surface area contributed by atoms with Crippen molar-refractivity contribution >= 4 is 17.4 Å². The van der Waals surface area contributed by atoms with Gasteiger partial charge in [-0.05, 0) is 32.1 Å². The molecule has 4 heteroatoms. The Labute approximate surface area is 107 Å². The minimum atomic E-state index is 0.284. The van der Waals surface area contributed by atoms with Crippen LogP contribution in [-0.2, 0) is 12.8 Å². The molecule has 3 rings (SSSR count). The maximum Gasteiger partial charge on any atom is 0.135 e. The van der Waals surface area contributed by atoms with Crippen molar-refractivity contribution in [3.05, 3.63) is 17.6 Å². The van der Waals surface area contributed by atoms with Gasteiger partial charge in [0.2, 0.25) is 0 Å². The Hall–Kier alpha value is -0.830. The van der Waals surface area contributed by atoms with E-state index in [1.54, 1.807) is 6.33 Å². The van der Waals surface area contributed by atoms with Crippen molar-refractivity contribution in [2.45, 2.75) is 43.9 Å². The summed E-state index contributed by atoms with van der Waals surface area (Å²) in [6.45, 7) is 1.97. The average molecular weight is 252 g/mol. The second kappa shape index (κ2) is 4.81. The Morgan fingerprint density at radius 1 is 1.18 bits per heavy atom. The molecular weight excluding hydrogens is 234 g/mol. The average Bonchev–Trinajstić information content (AvgIpc) is 2.63. The van der Waals surface area contributed by atoms with E-state index in [4.69, 9.17) is 11.6 Å². The molecule has 3 nitrogen and oxygen atoms in total. The lowest BCUT2D eigenvalue weighted by atomic mass is 10.1. The standard InChI is InChI=1S/C13H18ClN3/c14-10-6-7-17(8-10)13-11-4-2-1-3-5-12(11)15-9-16-13/h9-10H,1-8H2. The first-order valence-electron chi connectivity index (χ1n) is 6.56. The van der Waals surface area contributed by atoms with Gasteiger partial charge in [0.15, 0.2) is 0 Å². The molecular formula is C13H18ClN3. The minimum Gasteiger partial charge on any atom is -0.355 e. The maximum atomic E-state index is 6.19. The summed E-state index contributed by atoms with van der Waals surface area (Å²) in [7, 11) is 0. The molecule has 1 atom stereocenters. The molecule has 0 aromatic carbocycles. The van der Waals surface area contributed by atoms with Gasteiger partial charge in [-0.25, -0.2) is 9.97 Å². The number of halogens is 1. The van der Waals surface area contributed by atoms with Gasteiger partial charge in [0.25, 0.3) is 0 Å². The van der Waals surface area contributed by atoms with Gasteiger partial charge in [0, 0.05) is 24.3 Å². The van der Waals surface area contributed by atoms with Crippen molar-refractivity contribution in [2.75, 3.05) is 18.0 Å². The maximum absolute atomic E-state index is 6.19. The second-order valence-corrected chi connectivity index (χ2v) is 5.63. The molecule has 1 aliphatic heterocycles. The number of fused-ring (bicyclic) bond motifs is 1. The number of nitrogens with zero attached hydrogens (tertiary/aromatic N) is 3. The van der Waals surface area contributed by atoms with Crippen molar-refractivity contribution in [2.24, 2.45) is 0 Å². The highest BCUT2D eigenvalue weighted by Crippen LogP contribution is 2.29. The van der Waals surface area contributed by atoms with E-state index < -0.39 is 0 Å². The molecule has 0 spiro atoms. The minimum absolute atomic E-state index is 0.284. The molecule has 1 fully saturated rings. The fraction of sp³-hybridized carbons (Fsp3) is 0.692. The number of anilines is 1. The van der Waals surface area contributed by atoms with Crippen LogP contribution in [0.3, 0.4) is 0 Å². The van der Waals surface area contributed by atoms with Crippen LogP contribution in [0.1, 0.15) is 36.9 Å². The zero-order valence-electron chi connectivity index (χ0n) is 10.0. The van der Waals surface area contributed by atoms with Crippen LogP contribution in [0.25, 0.3) is 0 Å². The van der Waals surface area contributed by atoms with E-state index in [2.05, 4.69) is 14.9 Å². The van der Waals surface area contributed by atoms with E-state index in [0.717, 1.165) is 38.2 Å². The quantitative estimate of drug-likeness (QED) is 0.568. The predicted molar refractivity (Wildman–Crippen MR) is 69.8 cm³/mol. The Bertz CT molecular complexity index is 408. The van der Waals surface area contributed by atoms with Crippen LogP contribution >= 0.6 is 11.6 Å². The Morgan fingerprint density at radius 3 is 2.88 bits per heavy atom. The van der Waals surface area contributed by atoms with Crippen LogP contribution in [0, 0.1) is 0 Å². The van der Waals surface area contributed by atoms with Gasteiger partial charge in [-0.15, -0.1) is 11.6 Å². The van der Waals surface area contributed by atoms with E-state index in [-0.39, 0.29) is 5.38 Å². The number of aromatic nitrogens is 2. The van der Waals surface area contributed by atoms with Gasteiger partial charge in [0.05, 0.1) is 5.38 Å². The van der Waals surface area contributed by atoms with Crippen LogP contribution in [0.5, 0.6) is 0 Å². The first-order valence-corrected chi connectivity index (χ1v) is 7.00. The zero-order valence-corrected chi connectivity index (χ0v) is 10.8. The van der Waals surface area contributed by atoms with Crippen LogP contribution in [-0.4, -0.2) is 28.4 Å². The molecule has 2 aliphatic rings. The van der Waals surface area contributed by atoms with Gasteiger partial charge >= 0.3 is 0 Å². The smallest absolute Gasteiger partial charge is 0.135 e. The summed E-state index contributed by atoms with van der Waals surface area (Å²) in [5.74, 6) is 1.15. The van der Waals surface area contributed by atoms with Crippen molar-refractivity contribution < 1.29 is 0 Å².